The Labute approximate surface area is 302 Å². The van der Waals surface area contributed by atoms with Crippen molar-refractivity contribution in [3.63, 3.8) is 0 Å². The molecule has 0 spiro atoms. The van der Waals surface area contributed by atoms with Crippen molar-refractivity contribution in [3.8, 4) is 11.1 Å². The van der Waals surface area contributed by atoms with Crippen LogP contribution in [0.4, 0.5) is 17.1 Å². The summed E-state index contributed by atoms with van der Waals surface area (Å²) in [5.41, 5.74) is 5.87. The van der Waals surface area contributed by atoms with Crippen LogP contribution in [0.25, 0.3) is 83.8 Å². The molecule has 0 fully saturated rings. The van der Waals surface area contributed by atoms with E-state index in [1.807, 2.05) is 22.7 Å². The lowest BCUT2D eigenvalue weighted by Crippen LogP contribution is -2.09. The minimum atomic E-state index is 1.13. The van der Waals surface area contributed by atoms with Crippen LogP contribution in [-0.4, -0.2) is 0 Å². The third kappa shape index (κ3) is 4.59. The normalized spacial score (nSPS) is 11.9. The number of nitrogens with zero attached hydrogens (tertiary/aromatic N) is 1. The van der Waals surface area contributed by atoms with E-state index in [0.717, 1.165) is 17.1 Å². The van der Waals surface area contributed by atoms with Gasteiger partial charge in [0.25, 0.3) is 0 Å². The second-order valence-electron chi connectivity index (χ2n) is 13.3. The fourth-order valence-corrected chi connectivity index (χ4v) is 10.1. The molecule has 0 radical (unpaired) electrons. The van der Waals surface area contributed by atoms with Crippen molar-refractivity contribution in [3.05, 3.63) is 176 Å². The highest BCUT2D eigenvalue weighted by molar-refractivity contribution is 7.26. The molecule has 11 aromatic rings. The summed E-state index contributed by atoms with van der Waals surface area (Å²) in [5, 5.41) is 13.0. The molecule has 11 rings (SSSR count). The zero-order valence-electron chi connectivity index (χ0n) is 27.5. The van der Waals surface area contributed by atoms with Crippen LogP contribution in [0.1, 0.15) is 0 Å². The van der Waals surface area contributed by atoms with Crippen molar-refractivity contribution < 1.29 is 0 Å². The van der Waals surface area contributed by atoms with Gasteiger partial charge in [0, 0.05) is 57.4 Å². The Hall–Kier alpha value is -6.00. The number of thiophene rings is 2. The van der Waals surface area contributed by atoms with Crippen LogP contribution >= 0.6 is 22.7 Å². The Morgan fingerprint density at radius 2 is 0.745 bits per heavy atom. The highest BCUT2D eigenvalue weighted by Crippen LogP contribution is 2.44. The Morgan fingerprint density at radius 3 is 1.39 bits per heavy atom. The summed E-state index contributed by atoms with van der Waals surface area (Å²) < 4.78 is 5.27. The maximum Gasteiger partial charge on any atom is 0.0468 e. The summed E-state index contributed by atoms with van der Waals surface area (Å²) in [5.74, 6) is 0. The van der Waals surface area contributed by atoms with Gasteiger partial charge in [-0.05, 0) is 110 Å². The second-order valence-corrected chi connectivity index (χ2v) is 15.5. The third-order valence-corrected chi connectivity index (χ3v) is 12.7. The quantitative estimate of drug-likeness (QED) is 0.167. The minimum absolute atomic E-state index is 1.13. The molecule has 0 bridgehead atoms. The molecule has 0 saturated heterocycles. The molecule has 0 amide bonds. The van der Waals surface area contributed by atoms with Crippen molar-refractivity contribution in [2.75, 3.05) is 4.90 Å². The molecule has 0 aliphatic heterocycles. The van der Waals surface area contributed by atoms with E-state index in [4.69, 9.17) is 0 Å². The van der Waals surface area contributed by atoms with Gasteiger partial charge < -0.3 is 4.90 Å². The highest BCUT2D eigenvalue weighted by atomic mass is 32.1. The molecule has 0 N–H and O–H groups in total. The number of anilines is 3. The third-order valence-electron chi connectivity index (χ3n) is 10.4. The minimum Gasteiger partial charge on any atom is -0.310 e. The molecule has 0 aliphatic carbocycles. The lowest BCUT2D eigenvalue weighted by atomic mass is 9.95. The molecule has 3 heteroatoms. The lowest BCUT2D eigenvalue weighted by Gasteiger charge is -2.26. The van der Waals surface area contributed by atoms with Crippen molar-refractivity contribution in [2.24, 2.45) is 0 Å². The Morgan fingerprint density at radius 1 is 0.275 bits per heavy atom. The van der Waals surface area contributed by atoms with Gasteiger partial charge in [0.05, 0.1) is 0 Å². The van der Waals surface area contributed by atoms with E-state index in [9.17, 15) is 0 Å². The summed E-state index contributed by atoms with van der Waals surface area (Å²) in [6.07, 6.45) is 0. The van der Waals surface area contributed by atoms with Crippen LogP contribution < -0.4 is 4.90 Å². The van der Waals surface area contributed by atoms with Crippen molar-refractivity contribution in [1.82, 2.24) is 0 Å². The molecular weight excluding hydrogens is 655 g/mol. The number of rotatable bonds is 4. The van der Waals surface area contributed by atoms with Gasteiger partial charge in [0.1, 0.15) is 0 Å². The summed E-state index contributed by atoms with van der Waals surface area (Å²) >= 11 is 3.72. The molecule has 9 aromatic carbocycles. The zero-order valence-corrected chi connectivity index (χ0v) is 29.1. The SMILES string of the molecule is c1ccc2c(c1)ccc1c3ccc(-c4ccc(N(c5ccc6sc7ccccc7c6c5)c5ccc6sc7ccccc7c6c5)cc4)cc3ccc21. The predicted octanol–water partition coefficient (Wildman–Crippen LogP) is 15.0. The highest BCUT2D eigenvalue weighted by Gasteiger charge is 2.17. The maximum absolute atomic E-state index is 2.42. The molecule has 1 nitrogen and oxygen atoms in total. The Balaban J connectivity index is 1.04. The van der Waals surface area contributed by atoms with Gasteiger partial charge >= 0.3 is 0 Å². The topological polar surface area (TPSA) is 3.24 Å². The molecule has 0 aliphatic rings. The van der Waals surface area contributed by atoms with Crippen molar-refractivity contribution in [2.45, 2.75) is 0 Å². The van der Waals surface area contributed by atoms with Crippen LogP contribution in [0.15, 0.2) is 176 Å². The lowest BCUT2D eigenvalue weighted by molar-refractivity contribution is 1.30. The predicted molar refractivity (Wildman–Crippen MR) is 225 cm³/mol. The van der Waals surface area contributed by atoms with Gasteiger partial charge in [-0.25, -0.2) is 0 Å². The molecule has 0 atom stereocenters. The zero-order chi connectivity index (χ0) is 33.5. The van der Waals surface area contributed by atoms with Gasteiger partial charge in [-0.3, -0.25) is 0 Å². The Bertz CT molecular complexity index is 3030. The van der Waals surface area contributed by atoms with E-state index in [1.54, 1.807) is 0 Å². The van der Waals surface area contributed by atoms with Crippen LogP contribution in [-0.2, 0) is 0 Å². The molecular formula is C48H29NS2. The fourth-order valence-electron chi connectivity index (χ4n) is 7.97. The first kappa shape index (κ1) is 28.8. The van der Waals surface area contributed by atoms with Crippen LogP contribution in [0.3, 0.4) is 0 Å². The fraction of sp³-hybridized carbons (Fsp3) is 0. The van der Waals surface area contributed by atoms with E-state index in [2.05, 4.69) is 181 Å². The molecule has 238 valence electrons. The molecule has 51 heavy (non-hydrogen) atoms. The molecule has 2 heterocycles. The maximum atomic E-state index is 2.42. The average Bonchev–Trinajstić information content (AvgIpc) is 3.76. The van der Waals surface area contributed by atoms with Crippen LogP contribution in [0.2, 0.25) is 0 Å². The van der Waals surface area contributed by atoms with E-state index in [-0.39, 0.29) is 0 Å². The second kappa shape index (κ2) is 11.3. The van der Waals surface area contributed by atoms with Crippen LogP contribution in [0, 0.1) is 0 Å². The van der Waals surface area contributed by atoms with E-state index in [1.165, 1.54) is 83.8 Å². The monoisotopic (exact) mass is 683 g/mol. The number of hydrogen-bond donors (Lipinski definition) is 0. The first-order chi connectivity index (χ1) is 25.2. The van der Waals surface area contributed by atoms with E-state index >= 15 is 0 Å². The number of fused-ring (bicyclic) bond motifs is 11. The van der Waals surface area contributed by atoms with Crippen molar-refractivity contribution in [1.29, 1.82) is 0 Å². The summed E-state index contributed by atoms with van der Waals surface area (Å²) in [6.45, 7) is 0. The summed E-state index contributed by atoms with van der Waals surface area (Å²) in [6, 6.07) is 65.1. The van der Waals surface area contributed by atoms with Crippen LogP contribution in [0.5, 0.6) is 0 Å². The largest absolute Gasteiger partial charge is 0.310 e. The Kier molecular flexibility index (Phi) is 6.36. The van der Waals surface area contributed by atoms with Gasteiger partial charge in [-0.1, -0.05) is 109 Å². The van der Waals surface area contributed by atoms with E-state index in [0.29, 0.717) is 0 Å². The molecule has 0 unspecified atom stereocenters. The van der Waals surface area contributed by atoms with Crippen molar-refractivity contribution >= 4 is 112 Å². The standard InChI is InChI=1S/C48H29NS2/c1-2-8-37-31(7-1)15-23-40-38-22-16-32(27-33(38)17-24-39(37)40)30-13-18-34(19-14-30)49(35-20-25-47-43(28-35)41-9-3-5-11-45(41)50-47)36-21-26-48-44(29-36)42-10-4-6-12-46(42)51-48/h1-29H. The van der Waals surface area contributed by atoms with Gasteiger partial charge in [0.2, 0.25) is 0 Å². The number of benzene rings is 9. The van der Waals surface area contributed by atoms with Gasteiger partial charge in [-0.2, -0.15) is 0 Å². The number of hydrogen-bond acceptors (Lipinski definition) is 3. The molecule has 0 saturated carbocycles. The first-order valence-corrected chi connectivity index (χ1v) is 19.0. The average molecular weight is 684 g/mol. The summed E-state index contributed by atoms with van der Waals surface area (Å²) in [7, 11) is 0. The molecule has 2 aromatic heterocycles. The van der Waals surface area contributed by atoms with Gasteiger partial charge in [-0.15, -0.1) is 22.7 Å². The van der Waals surface area contributed by atoms with Gasteiger partial charge in [0.15, 0.2) is 0 Å². The first-order valence-electron chi connectivity index (χ1n) is 17.3. The summed E-state index contributed by atoms with van der Waals surface area (Å²) in [4.78, 5) is 2.42. The van der Waals surface area contributed by atoms with E-state index < -0.39 is 0 Å². The smallest absolute Gasteiger partial charge is 0.0468 e.